The summed E-state index contributed by atoms with van der Waals surface area (Å²) in [6.07, 6.45) is 1.94. The Kier molecular flexibility index (Phi) is 5.80. The molecule has 22 heavy (non-hydrogen) atoms. The van der Waals surface area contributed by atoms with E-state index < -0.39 is 9.28 Å². The van der Waals surface area contributed by atoms with Crippen LogP contribution in [0.2, 0.25) is 0 Å². The quantitative estimate of drug-likeness (QED) is 0.545. The molecule has 0 spiro atoms. The van der Waals surface area contributed by atoms with Crippen LogP contribution in [0.15, 0.2) is 85.6 Å². The van der Waals surface area contributed by atoms with Gasteiger partial charge in [0.15, 0.2) is 0 Å². The molecule has 3 heteroatoms. The molecule has 0 amide bonds. The lowest BCUT2D eigenvalue weighted by Gasteiger charge is -2.19. The molecule has 0 aliphatic carbocycles. The van der Waals surface area contributed by atoms with E-state index in [4.69, 9.17) is 8.85 Å². The Labute approximate surface area is 133 Å². The van der Waals surface area contributed by atoms with Crippen molar-refractivity contribution >= 4 is 20.8 Å². The molecule has 2 nitrogen and oxygen atoms in total. The zero-order chi connectivity index (χ0) is 15.8. The second kappa shape index (κ2) is 8.05. The molecule has 0 saturated heterocycles. The fraction of sp³-hybridized carbons (Fsp3) is 0.0526. The molecule has 0 radical (unpaired) electrons. The summed E-state index contributed by atoms with van der Waals surface area (Å²) < 4.78 is 11.9. The van der Waals surface area contributed by atoms with Gasteiger partial charge >= 0.3 is 9.28 Å². The van der Waals surface area contributed by atoms with Gasteiger partial charge in [-0.25, -0.2) is 0 Å². The maximum Gasteiger partial charge on any atom is 0.471 e. The van der Waals surface area contributed by atoms with Crippen molar-refractivity contribution in [2.24, 2.45) is 0 Å². The van der Waals surface area contributed by atoms with Gasteiger partial charge in [0.1, 0.15) is 11.5 Å². The Hall–Kier alpha value is -2.52. The number of allylic oxidation sites excluding steroid dienone is 1. The zero-order valence-corrected chi connectivity index (χ0v) is 13.9. The Bertz CT molecular complexity index is 594. The van der Waals surface area contributed by atoms with Crippen LogP contribution in [0.25, 0.3) is 11.5 Å². The maximum atomic E-state index is 5.94. The molecule has 0 heterocycles. The average Bonchev–Trinajstić information content (AvgIpc) is 2.56. The smallest absolute Gasteiger partial charge is 0.471 e. The molecule has 2 aromatic carbocycles. The van der Waals surface area contributed by atoms with Crippen LogP contribution < -0.4 is 0 Å². The molecular weight excluding hydrogens is 288 g/mol. The molecule has 0 aromatic heterocycles. The minimum absolute atomic E-state index is 0.622. The summed E-state index contributed by atoms with van der Waals surface area (Å²) in [4.78, 5) is 0. The predicted octanol–water partition coefficient (Wildman–Crippen LogP) is 4.70. The van der Waals surface area contributed by atoms with E-state index in [1.807, 2.05) is 79.4 Å². The van der Waals surface area contributed by atoms with Crippen molar-refractivity contribution in [1.29, 1.82) is 0 Å². The Balaban J connectivity index is 2.04. The fourth-order valence-electron chi connectivity index (χ4n) is 1.92. The van der Waals surface area contributed by atoms with Crippen LogP contribution in [0.3, 0.4) is 0 Å². The van der Waals surface area contributed by atoms with Crippen molar-refractivity contribution in [3.8, 4) is 0 Å². The Morgan fingerprint density at radius 3 is 1.59 bits per heavy atom. The van der Waals surface area contributed by atoms with E-state index in [0.29, 0.717) is 11.5 Å². The SMILES string of the molecule is C=C(O[SiH](C=CC)OC(=C)c1ccccc1)c1ccccc1. The normalized spacial score (nSPS) is 10.6. The molecule has 0 fully saturated rings. The second-order valence-corrected chi connectivity index (χ2v) is 6.30. The van der Waals surface area contributed by atoms with E-state index in [-0.39, 0.29) is 0 Å². The highest BCUT2D eigenvalue weighted by atomic mass is 28.3. The first-order valence-corrected chi connectivity index (χ1v) is 8.76. The van der Waals surface area contributed by atoms with Gasteiger partial charge in [-0.05, 0) is 12.6 Å². The molecule has 2 rings (SSSR count). The lowest BCUT2D eigenvalue weighted by molar-refractivity contribution is 0.391. The molecular formula is C19H20O2Si. The van der Waals surface area contributed by atoms with E-state index in [1.165, 1.54) is 0 Å². The van der Waals surface area contributed by atoms with Crippen LogP contribution >= 0.6 is 0 Å². The van der Waals surface area contributed by atoms with Crippen LogP contribution in [0.1, 0.15) is 18.1 Å². The van der Waals surface area contributed by atoms with Crippen LogP contribution in [0.5, 0.6) is 0 Å². The van der Waals surface area contributed by atoms with Gasteiger partial charge < -0.3 is 8.85 Å². The van der Waals surface area contributed by atoms with Crippen LogP contribution in [0.4, 0.5) is 0 Å². The first-order valence-electron chi connectivity index (χ1n) is 7.15. The van der Waals surface area contributed by atoms with Crippen molar-refractivity contribution in [3.05, 3.63) is 96.7 Å². The minimum atomic E-state index is -2.07. The average molecular weight is 308 g/mol. The van der Waals surface area contributed by atoms with E-state index >= 15 is 0 Å². The van der Waals surface area contributed by atoms with Gasteiger partial charge in [0, 0.05) is 11.1 Å². The van der Waals surface area contributed by atoms with Crippen molar-refractivity contribution < 1.29 is 8.85 Å². The van der Waals surface area contributed by atoms with Gasteiger partial charge in [-0.3, -0.25) is 0 Å². The van der Waals surface area contributed by atoms with Crippen molar-refractivity contribution in [2.75, 3.05) is 0 Å². The van der Waals surface area contributed by atoms with Crippen LogP contribution in [-0.2, 0) is 8.85 Å². The topological polar surface area (TPSA) is 18.5 Å². The second-order valence-electron chi connectivity index (χ2n) is 4.71. The standard InChI is InChI=1S/C19H20O2Si/c1-4-15-22(20-16(2)18-11-7-5-8-12-18)21-17(3)19-13-9-6-10-14-19/h4-15,22H,2-3H2,1H3. The van der Waals surface area contributed by atoms with Crippen LogP contribution in [-0.4, -0.2) is 9.28 Å². The highest BCUT2D eigenvalue weighted by Gasteiger charge is 2.16. The first kappa shape index (κ1) is 15.9. The number of hydrogen-bond acceptors (Lipinski definition) is 2. The molecule has 0 atom stereocenters. The van der Waals surface area contributed by atoms with Crippen molar-refractivity contribution in [2.45, 2.75) is 6.92 Å². The van der Waals surface area contributed by atoms with E-state index in [0.717, 1.165) is 11.1 Å². The molecule has 0 bridgehead atoms. The molecule has 112 valence electrons. The maximum absolute atomic E-state index is 5.94. The van der Waals surface area contributed by atoms with Crippen LogP contribution in [0, 0.1) is 0 Å². The van der Waals surface area contributed by atoms with E-state index in [2.05, 4.69) is 13.2 Å². The van der Waals surface area contributed by atoms with Crippen molar-refractivity contribution in [3.63, 3.8) is 0 Å². The summed E-state index contributed by atoms with van der Waals surface area (Å²) in [7, 11) is -2.07. The van der Waals surface area contributed by atoms with Gasteiger partial charge in [0.2, 0.25) is 0 Å². The molecule has 0 unspecified atom stereocenters. The van der Waals surface area contributed by atoms with Gasteiger partial charge in [-0.2, -0.15) is 0 Å². The molecule has 0 aliphatic heterocycles. The van der Waals surface area contributed by atoms with Crippen molar-refractivity contribution in [1.82, 2.24) is 0 Å². The highest BCUT2D eigenvalue weighted by Crippen LogP contribution is 2.19. The molecule has 2 aromatic rings. The van der Waals surface area contributed by atoms with Gasteiger partial charge in [-0.1, -0.05) is 79.9 Å². The zero-order valence-electron chi connectivity index (χ0n) is 12.7. The Morgan fingerprint density at radius 2 is 1.23 bits per heavy atom. The summed E-state index contributed by atoms with van der Waals surface area (Å²) in [6, 6.07) is 19.6. The lowest BCUT2D eigenvalue weighted by atomic mass is 10.2. The third-order valence-electron chi connectivity index (χ3n) is 3.06. The lowest BCUT2D eigenvalue weighted by Crippen LogP contribution is -2.19. The van der Waals surface area contributed by atoms with E-state index in [1.54, 1.807) is 0 Å². The summed E-state index contributed by atoms with van der Waals surface area (Å²) >= 11 is 0. The summed E-state index contributed by atoms with van der Waals surface area (Å²) in [5.41, 5.74) is 3.87. The third kappa shape index (κ3) is 4.50. The number of hydrogen-bond donors (Lipinski definition) is 0. The Morgan fingerprint density at radius 1 is 0.818 bits per heavy atom. The molecule has 0 aliphatic rings. The number of benzene rings is 2. The molecule has 0 N–H and O–H groups in total. The summed E-state index contributed by atoms with van der Waals surface area (Å²) in [6.45, 7) is 9.94. The summed E-state index contributed by atoms with van der Waals surface area (Å²) in [5, 5.41) is 0. The number of rotatable bonds is 7. The predicted molar refractivity (Wildman–Crippen MR) is 95.1 cm³/mol. The first-order chi connectivity index (χ1) is 10.7. The third-order valence-corrected chi connectivity index (χ3v) is 4.79. The largest absolute Gasteiger partial charge is 0.511 e. The van der Waals surface area contributed by atoms with Gasteiger partial charge in [-0.15, -0.1) is 0 Å². The monoisotopic (exact) mass is 308 g/mol. The minimum Gasteiger partial charge on any atom is -0.511 e. The fourth-order valence-corrected chi connectivity index (χ4v) is 3.28. The van der Waals surface area contributed by atoms with Gasteiger partial charge in [0.05, 0.1) is 0 Å². The molecule has 0 saturated carbocycles. The van der Waals surface area contributed by atoms with Gasteiger partial charge in [0.25, 0.3) is 0 Å². The summed E-state index contributed by atoms with van der Waals surface area (Å²) in [5.74, 6) is 1.24. The highest BCUT2D eigenvalue weighted by molar-refractivity contribution is 6.52. The van der Waals surface area contributed by atoms with E-state index in [9.17, 15) is 0 Å².